The molecule has 1 fully saturated rings. The van der Waals surface area contributed by atoms with Crippen molar-refractivity contribution in [3.63, 3.8) is 0 Å². The van der Waals surface area contributed by atoms with Crippen molar-refractivity contribution >= 4 is 12.0 Å². The molecule has 1 aliphatic rings. The van der Waals surface area contributed by atoms with Crippen molar-refractivity contribution in [2.75, 3.05) is 26.2 Å². The summed E-state index contributed by atoms with van der Waals surface area (Å²) in [6.07, 6.45) is 1.28. The van der Waals surface area contributed by atoms with E-state index in [-0.39, 0.29) is 12.5 Å². The summed E-state index contributed by atoms with van der Waals surface area (Å²) in [4.78, 5) is 24.3. The largest absolute Gasteiger partial charge is 0.465 e. The van der Waals surface area contributed by atoms with Crippen molar-refractivity contribution < 1.29 is 19.8 Å². The predicted octanol–water partition coefficient (Wildman–Crippen LogP) is 1.34. The van der Waals surface area contributed by atoms with Crippen molar-refractivity contribution in [2.24, 2.45) is 5.92 Å². The summed E-state index contributed by atoms with van der Waals surface area (Å²) >= 11 is 0. The number of amides is 2. The molecule has 0 aromatic heterocycles. The van der Waals surface area contributed by atoms with E-state index in [1.54, 1.807) is 12.1 Å². The highest BCUT2D eigenvalue weighted by Gasteiger charge is 2.22. The molecule has 1 heterocycles. The Bertz CT molecular complexity index is 507. The zero-order chi connectivity index (χ0) is 15.9. The van der Waals surface area contributed by atoms with Crippen molar-refractivity contribution in [1.82, 2.24) is 10.2 Å². The SMILES string of the molecule is O=C(NCC1CCN(C(=O)O)CC1)c1ccc(CCO)cc1. The van der Waals surface area contributed by atoms with Gasteiger partial charge in [-0.05, 0) is 42.9 Å². The maximum atomic E-state index is 12.1. The Labute approximate surface area is 129 Å². The number of aliphatic hydroxyl groups is 1. The first-order valence-corrected chi connectivity index (χ1v) is 7.56. The Kier molecular flexibility index (Phi) is 5.77. The van der Waals surface area contributed by atoms with Crippen molar-refractivity contribution in [3.05, 3.63) is 35.4 Å². The van der Waals surface area contributed by atoms with Crippen LogP contribution in [0.3, 0.4) is 0 Å². The van der Waals surface area contributed by atoms with E-state index in [1.165, 1.54) is 4.90 Å². The fraction of sp³-hybridized carbons (Fsp3) is 0.500. The summed E-state index contributed by atoms with van der Waals surface area (Å²) < 4.78 is 0. The topological polar surface area (TPSA) is 89.9 Å². The highest BCUT2D eigenvalue weighted by molar-refractivity contribution is 5.94. The van der Waals surface area contributed by atoms with Gasteiger partial charge in [-0.15, -0.1) is 0 Å². The van der Waals surface area contributed by atoms with E-state index in [9.17, 15) is 9.59 Å². The second-order valence-electron chi connectivity index (χ2n) is 5.59. The highest BCUT2D eigenvalue weighted by Crippen LogP contribution is 2.16. The quantitative estimate of drug-likeness (QED) is 0.766. The Hall–Kier alpha value is -2.08. The summed E-state index contributed by atoms with van der Waals surface area (Å²) in [6, 6.07) is 7.20. The number of nitrogens with one attached hydrogen (secondary N) is 1. The molecule has 0 spiro atoms. The number of piperidine rings is 1. The van der Waals surface area contributed by atoms with Crippen LogP contribution in [0.25, 0.3) is 0 Å². The Morgan fingerprint density at radius 1 is 1.18 bits per heavy atom. The van der Waals surface area contributed by atoms with Gasteiger partial charge in [0.25, 0.3) is 5.91 Å². The number of likely N-dealkylation sites (tertiary alicyclic amines) is 1. The second-order valence-corrected chi connectivity index (χ2v) is 5.59. The number of benzene rings is 1. The lowest BCUT2D eigenvalue weighted by Crippen LogP contribution is -2.40. The van der Waals surface area contributed by atoms with Crippen LogP contribution in [0, 0.1) is 5.92 Å². The Balaban J connectivity index is 1.77. The zero-order valence-electron chi connectivity index (χ0n) is 12.5. The lowest BCUT2D eigenvalue weighted by Gasteiger charge is -2.29. The number of rotatable bonds is 5. The van der Waals surface area contributed by atoms with Gasteiger partial charge in [0.15, 0.2) is 0 Å². The molecular weight excluding hydrogens is 284 g/mol. The molecule has 2 rings (SSSR count). The average molecular weight is 306 g/mol. The van der Waals surface area contributed by atoms with E-state index in [1.807, 2.05) is 12.1 Å². The molecule has 6 nitrogen and oxygen atoms in total. The lowest BCUT2D eigenvalue weighted by atomic mass is 9.97. The fourth-order valence-corrected chi connectivity index (χ4v) is 2.62. The van der Waals surface area contributed by atoms with Crippen LogP contribution in [0.15, 0.2) is 24.3 Å². The minimum absolute atomic E-state index is 0.0978. The monoisotopic (exact) mass is 306 g/mol. The molecule has 0 atom stereocenters. The fourth-order valence-electron chi connectivity index (χ4n) is 2.62. The normalized spacial score (nSPS) is 15.6. The highest BCUT2D eigenvalue weighted by atomic mass is 16.4. The predicted molar refractivity (Wildman–Crippen MR) is 81.9 cm³/mol. The smallest absolute Gasteiger partial charge is 0.407 e. The number of carbonyl (C=O) groups is 2. The first-order chi connectivity index (χ1) is 10.6. The Morgan fingerprint density at radius 3 is 2.36 bits per heavy atom. The Morgan fingerprint density at radius 2 is 1.82 bits per heavy atom. The molecule has 0 bridgehead atoms. The second kappa shape index (κ2) is 7.79. The van der Waals surface area contributed by atoms with Gasteiger partial charge in [-0.25, -0.2) is 4.79 Å². The van der Waals surface area contributed by atoms with Crippen LogP contribution >= 0.6 is 0 Å². The van der Waals surface area contributed by atoms with Gasteiger partial charge >= 0.3 is 6.09 Å². The number of hydrogen-bond acceptors (Lipinski definition) is 3. The van der Waals surface area contributed by atoms with E-state index in [0.717, 1.165) is 18.4 Å². The van der Waals surface area contributed by atoms with Crippen molar-refractivity contribution in [3.8, 4) is 0 Å². The zero-order valence-corrected chi connectivity index (χ0v) is 12.5. The summed E-state index contributed by atoms with van der Waals surface area (Å²) in [6.45, 7) is 1.74. The van der Waals surface area contributed by atoms with Crippen LogP contribution in [-0.4, -0.2) is 53.4 Å². The van der Waals surface area contributed by atoms with Gasteiger partial charge in [0.2, 0.25) is 0 Å². The van der Waals surface area contributed by atoms with E-state index in [4.69, 9.17) is 10.2 Å². The molecule has 0 radical (unpaired) electrons. The van der Waals surface area contributed by atoms with Gasteiger partial charge in [0, 0.05) is 31.8 Å². The third-order valence-corrected chi connectivity index (χ3v) is 4.05. The van der Waals surface area contributed by atoms with E-state index in [2.05, 4.69) is 5.32 Å². The summed E-state index contributed by atoms with van der Waals surface area (Å²) in [5.74, 6) is 0.212. The molecule has 0 unspecified atom stereocenters. The molecule has 120 valence electrons. The average Bonchev–Trinajstić information content (AvgIpc) is 2.54. The lowest BCUT2D eigenvalue weighted by molar-refractivity contribution is 0.0928. The molecule has 1 aromatic carbocycles. The number of carbonyl (C=O) groups excluding carboxylic acids is 1. The van der Waals surface area contributed by atoms with Gasteiger partial charge in [-0.1, -0.05) is 12.1 Å². The van der Waals surface area contributed by atoms with Crippen LogP contribution in [0.5, 0.6) is 0 Å². The van der Waals surface area contributed by atoms with Crippen LogP contribution in [0.2, 0.25) is 0 Å². The van der Waals surface area contributed by atoms with Gasteiger partial charge in [-0.3, -0.25) is 4.79 Å². The molecule has 0 saturated carbocycles. The van der Waals surface area contributed by atoms with Gasteiger partial charge in [0.1, 0.15) is 0 Å². The summed E-state index contributed by atoms with van der Waals surface area (Å²) in [7, 11) is 0. The maximum absolute atomic E-state index is 12.1. The van der Waals surface area contributed by atoms with Gasteiger partial charge in [-0.2, -0.15) is 0 Å². The third kappa shape index (κ3) is 4.46. The standard InChI is InChI=1S/C16H22N2O4/c19-10-7-12-1-3-14(4-2-12)15(20)17-11-13-5-8-18(9-6-13)16(21)22/h1-4,13,19H,5-11H2,(H,17,20)(H,21,22). The summed E-state index contributed by atoms with van der Waals surface area (Å²) in [5.41, 5.74) is 1.60. The molecule has 2 amide bonds. The maximum Gasteiger partial charge on any atom is 0.407 e. The van der Waals surface area contributed by atoms with E-state index < -0.39 is 6.09 Å². The third-order valence-electron chi connectivity index (χ3n) is 4.05. The molecule has 1 aromatic rings. The molecule has 3 N–H and O–H groups in total. The van der Waals surface area contributed by atoms with E-state index in [0.29, 0.717) is 37.5 Å². The van der Waals surface area contributed by atoms with Crippen molar-refractivity contribution in [2.45, 2.75) is 19.3 Å². The summed E-state index contributed by atoms with van der Waals surface area (Å²) in [5, 5.41) is 20.7. The number of carboxylic acid groups (broad SMARTS) is 1. The van der Waals surface area contributed by atoms with E-state index >= 15 is 0 Å². The molecule has 1 saturated heterocycles. The van der Waals surface area contributed by atoms with Crippen LogP contribution in [0.1, 0.15) is 28.8 Å². The van der Waals surface area contributed by atoms with Crippen molar-refractivity contribution in [1.29, 1.82) is 0 Å². The molecule has 22 heavy (non-hydrogen) atoms. The minimum Gasteiger partial charge on any atom is -0.465 e. The van der Waals surface area contributed by atoms with Crippen LogP contribution in [0.4, 0.5) is 4.79 Å². The minimum atomic E-state index is -0.870. The molecule has 1 aliphatic heterocycles. The van der Waals surface area contributed by atoms with Crippen LogP contribution < -0.4 is 5.32 Å². The van der Waals surface area contributed by atoms with Gasteiger partial charge in [0.05, 0.1) is 0 Å². The number of aliphatic hydroxyl groups excluding tert-OH is 1. The first-order valence-electron chi connectivity index (χ1n) is 7.56. The van der Waals surface area contributed by atoms with Crippen LogP contribution in [-0.2, 0) is 6.42 Å². The molecule has 6 heteroatoms. The number of hydrogen-bond donors (Lipinski definition) is 3. The van der Waals surface area contributed by atoms with Gasteiger partial charge < -0.3 is 20.4 Å². The molecule has 0 aliphatic carbocycles. The molecular formula is C16H22N2O4. The number of nitrogens with zero attached hydrogens (tertiary/aromatic N) is 1. The first kappa shape index (κ1) is 16.3.